The van der Waals surface area contributed by atoms with Crippen molar-refractivity contribution in [2.45, 2.75) is 45.6 Å². The van der Waals surface area contributed by atoms with Gasteiger partial charge in [0.05, 0.1) is 18.2 Å². The van der Waals surface area contributed by atoms with E-state index in [1.54, 1.807) is 5.38 Å². The molecule has 2 aromatic carbocycles. The monoisotopic (exact) mass is 482 g/mol. The Morgan fingerprint density at radius 1 is 1.06 bits per heavy atom. The Bertz CT molecular complexity index is 1000. The highest BCUT2D eigenvalue weighted by Gasteiger charge is 2.08. The molecule has 34 heavy (non-hydrogen) atoms. The Morgan fingerprint density at radius 2 is 1.74 bits per heavy atom. The largest absolute Gasteiger partial charge is 0.387 e. The van der Waals surface area contributed by atoms with Gasteiger partial charge in [-0.15, -0.1) is 11.3 Å². The van der Waals surface area contributed by atoms with Crippen LogP contribution in [0.15, 0.2) is 60.0 Å². The maximum atomic E-state index is 12.0. The van der Waals surface area contributed by atoms with Crippen LogP contribution in [0.25, 0.3) is 0 Å². The maximum absolute atomic E-state index is 12.0. The molecule has 7 nitrogen and oxygen atoms in total. The SMILES string of the molecule is CCC(=O)CC.Nc1nc(CC(=O)Nc2ccc(CCNC[C@H](O)c3ccccc3)cc2)cs1. The van der Waals surface area contributed by atoms with Gasteiger partial charge in [0.1, 0.15) is 5.78 Å². The van der Waals surface area contributed by atoms with E-state index in [0.29, 0.717) is 36.0 Å². The molecule has 0 saturated heterocycles. The molecule has 0 bridgehead atoms. The van der Waals surface area contributed by atoms with E-state index in [9.17, 15) is 14.7 Å². The summed E-state index contributed by atoms with van der Waals surface area (Å²) in [6.07, 6.45) is 1.93. The third-order valence-electron chi connectivity index (χ3n) is 5.05. The summed E-state index contributed by atoms with van der Waals surface area (Å²) in [4.78, 5) is 26.3. The number of aliphatic hydroxyl groups is 1. The van der Waals surface area contributed by atoms with Crippen molar-refractivity contribution in [1.82, 2.24) is 10.3 Å². The van der Waals surface area contributed by atoms with E-state index in [4.69, 9.17) is 5.73 Å². The maximum Gasteiger partial charge on any atom is 0.230 e. The fraction of sp³-hybridized carbons (Fsp3) is 0.346. The van der Waals surface area contributed by atoms with Gasteiger partial charge in [0, 0.05) is 30.5 Å². The number of ketones is 1. The molecule has 1 aromatic heterocycles. The van der Waals surface area contributed by atoms with Crippen LogP contribution in [0, 0.1) is 0 Å². The van der Waals surface area contributed by atoms with Crippen molar-refractivity contribution in [3.05, 3.63) is 76.8 Å². The molecule has 3 aromatic rings. The van der Waals surface area contributed by atoms with Crippen molar-refractivity contribution in [2.75, 3.05) is 24.1 Å². The van der Waals surface area contributed by atoms with Crippen LogP contribution in [-0.2, 0) is 22.4 Å². The quantitative estimate of drug-likeness (QED) is 0.305. The van der Waals surface area contributed by atoms with Gasteiger partial charge < -0.3 is 21.5 Å². The number of aliphatic hydroxyl groups excluding tert-OH is 1. The first-order valence-corrected chi connectivity index (χ1v) is 12.3. The van der Waals surface area contributed by atoms with Crippen LogP contribution < -0.4 is 16.4 Å². The van der Waals surface area contributed by atoms with E-state index in [1.165, 1.54) is 11.3 Å². The number of carbonyl (C=O) groups is 2. The minimum absolute atomic E-state index is 0.116. The average Bonchev–Trinajstić information content (AvgIpc) is 3.27. The fourth-order valence-electron chi connectivity index (χ4n) is 3.04. The first-order valence-electron chi connectivity index (χ1n) is 11.4. The Labute approximate surface area is 205 Å². The van der Waals surface area contributed by atoms with E-state index >= 15 is 0 Å². The Kier molecular flexibility index (Phi) is 12.0. The van der Waals surface area contributed by atoms with Gasteiger partial charge in [-0.1, -0.05) is 56.3 Å². The predicted octanol–water partition coefficient (Wildman–Crippen LogP) is 4.15. The number of thiazole rings is 1. The summed E-state index contributed by atoms with van der Waals surface area (Å²) in [5.41, 5.74) is 9.08. The second kappa shape index (κ2) is 15.0. The molecule has 8 heteroatoms. The number of aromatic nitrogens is 1. The number of carbonyl (C=O) groups excluding carboxylic acids is 2. The van der Waals surface area contributed by atoms with Crippen molar-refractivity contribution >= 4 is 33.8 Å². The van der Waals surface area contributed by atoms with E-state index in [0.717, 1.165) is 29.8 Å². The smallest absolute Gasteiger partial charge is 0.230 e. The molecule has 1 atom stereocenters. The number of Topliss-reactive ketones (excluding diaryl/α,β-unsaturated/α-hetero) is 1. The number of amides is 1. The third kappa shape index (κ3) is 10.2. The number of rotatable bonds is 11. The van der Waals surface area contributed by atoms with Crippen molar-refractivity contribution < 1.29 is 14.7 Å². The van der Waals surface area contributed by atoms with Crippen LogP contribution >= 0.6 is 11.3 Å². The third-order valence-corrected chi connectivity index (χ3v) is 5.77. The van der Waals surface area contributed by atoms with Gasteiger partial charge in [-0.3, -0.25) is 9.59 Å². The summed E-state index contributed by atoms with van der Waals surface area (Å²) in [6.45, 7) is 5.04. The zero-order valence-electron chi connectivity index (χ0n) is 19.8. The minimum atomic E-state index is -0.508. The summed E-state index contributed by atoms with van der Waals surface area (Å²) in [6, 6.07) is 17.4. The molecule has 5 N–H and O–H groups in total. The molecular formula is C26H34N4O3S. The normalized spacial score (nSPS) is 11.3. The highest BCUT2D eigenvalue weighted by atomic mass is 32.1. The zero-order valence-corrected chi connectivity index (χ0v) is 20.6. The summed E-state index contributed by atoms with van der Waals surface area (Å²) >= 11 is 1.33. The lowest BCUT2D eigenvalue weighted by molar-refractivity contribution is -0.118. The van der Waals surface area contributed by atoms with Gasteiger partial charge in [0.2, 0.25) is 5.91 Å². The number of benzene rings is 2. The van der Waals surface area contributed by atoms with Gasteiger partial charge >= 0.3 is 0 Å². The molecule has 0 unspecified atom stereocenters. The van der Waals surface area contributed by atoms with Crippen LogP contribution in [0.4, 0.5) is 10.8 Å². The molecule has 1 heterocycles. The second-order valence-electron chi connectivity index (χ2n) is 7.73. The molecule has 1 amide bonds. The number of nitrogens with zero attached hydrogens (tertiary/aromatic N) is 1. The topological polar surface area (TPSA) is 117 Å². The second-order valence-corrected chi connectivity index (χ2v) is 8.62. The summed E-state index contributed by atoms with van der Waals surface area (Å²) in [7, 11) is 0. The lowest BCUT2D eigenvalue weighted by Gasteiger charge is -2.12. The van der Waals surface area contributed by atoms with Crippen LogP contribution in [0.2, 0.25) is 0 Å². The number of nitrogens with two attached hydrogens (primary N) is 1. The van der Waals surface area contributed by atoms with Gasteiger partial charge in [0.25, 0.3) is 0 Å². The van der Waals surface area contributed by atoms with Gasteiger partial charge in [-0.2, -0.15) is 0 Å². The molecule has 0 aliphatic carbocycles. The Balaban J connectivity index is 0.000000604. The molecule has 0 aliphatic heterocycles. The lowest BCUT2D eigenvalue weighted by atomic mass is 10.1. The highest BCUT2D eigenvalue weighted by molar-refractivity contribution is 7.13. The van der Waals surface area contributed by atoms with E-state index in [-0.39, 0.29) is 12.3 Å². The summed E-state index contributed by atoms with van der Waals surface area (Å²) in [5.74, 6) is 0.226. The molecule has 182 valence electrons. The van der Waals surface area contributed by atoms with Crippen LogP contribution in [0.3, 0.4) is 0 Å². The molecule has 0 spiro atoms. The van der Waals surface area contributed by atoms with Crippen molar-refractivity contribution in [3.63, 3.8) is 0 Å². The summed E-state index contributed by atoms with van der Waals surface area (Å²) < 4.78 is 0. The standard InChI is InChI=1S/C21H24N4O2S.C5H10O/c22-21-25-18(14-28-21)12-20(27)24-17-8-6-15(7-9-17)10-11-23-13-19(26)16-4-2-1-3-5-16;1-3-5(6)4-2/h1-9,14,19,23,26H,10-13H2,(H2,22,25)(H,24,27);3-4H2,1-2H3/t19-;/m0./s1. The Hall–Kier alpha value is -3.07. The molecule has 0 saturated carbocycles. The molecule has 3 rings (SSSR count). The molecule has 0 radical (unpaired) electrons. The molecule has 0 aliphatic rings. The number of anilines is 2. The van der Waals surface area contributed by atoms with Crippen molar-refractivity contribution in [1.29, 1.82) is 0 Å². The van der Waals surface area contributed by atoms with Crippen molar-refractivity contribution in [2.24, 2.45) is 0 Å². The highest BCUT2D eigenvalue weighted by Crippen LogP contribution is 2.14. The lowest BCUT2D eigenvalue weighted by Crippen LogP contribution is -2.23. The zero-order chi connectivity index (χ0) is 24.8. The van der Waals surface area contributed by atoms with Gasteiger partial charge in [-0.25, -0.2) is 4.98 Å². The van der Waals surface area contributed by atoms with Crippen LogP contribution in [-0.4, -0.2) is 34.9 Å². The summed E-state index contributed by atoms with van der Waals surface area (Å²) in [5, 5.41) is 18.5. The number of nitrogen functional groups attached to an aromatic ring is 1. The first-order chi connectivity index (χ1) is 16.4. The van der Waals surface area contributed by atoms with E-state index in [2.05, 4.69) is 15.6 Å². The number of nitrogens with one attached hydrogen (secondary N) is 2. The predicted molar refractivity (Wildman–Crippen MR) is 139 cm³/mol. The average molecular weight is 483 g/mol. The number of hydrogen-bond donors (Lipinski definition) is 4. The van der Waals surface area contributed by atoms with Crippen molar-refractivity contribution in [3.8, 4) is 0 Å². The van der Waals surface area contributed by atoms with E-state index in [1.807, 2.05) is 68.4 Å². The Morgan fingerprint density at radius 3 is 2.29 bits per heavy atom. The minimum Gasteiger partial charge on any atom is -0.387 e. The molecule has 0 fully saturated rings. The first kappa shape index (κ1) is 27.2. The van der Waals surface area contributed by atoms with Crippen LogP contribution in [0.5, 0.6) is 0 Å². The van der Waals surface area contributed by atoms with Crippen LogP contribution in [0.1, 0.15) is 49.6 Å². The fourth-order valence-corrected chi connectivity index (χ4v) is 3.61. The van der Waals surface area contributed by atoms with Gasteiger partial charge in [-0.05, 0) is 36.2 Å². The number of hydrogen-bond acceptors (Lipinski definition) is 7. The van der Waals surface area contributed by atoms with Gasteiger partial charge in [0.15, 0.2) is 5.13 Å². The van der Waals surface area contributed by atoms with E-state index < -0.39 is 6.10 Å². The molecular weight excluding hydrogens is 448 g/mol.